The minimum absolute atomic E-state index is 0.745. The molecule has 1 heteroatoms. The van der Waals surface area contributed by atoms with E-state index in [1.165, 1.54) is 43.2 Å². The monoisotopic (exact) mass is 231 g/mol. The van der Waals surface area contributed by atoms with Gasteiger partial charge in [-0.2, -0.15) is 0 Å². The van der Waals surface area contributed by atoms with Gasteiger partial charge in [0.05, 0.1) is 0 Å². The van der Waals surface area contributed by atoms with Crippen LogP contribution < -0.4 is 5.32 Å². The maximum absolute atomic E-state index is 3.67. The Morgan fingerprint density at radius 2 is 2.18 bits per heavy atom. The van der Waals surface area contributed by atoms with E-state index < -0.39 is 0 Å². The fraction of sp³-hybridized carbons (Fsp3) is 0.625. The minimum atomic E-state index is 0.745. The van der Waals surface area contributed by atoms with Gasteiger partial charge in [-0.15, -0.1) is 0 Å². The molecule has 0 amide bonds. The SMILES string of the molecule is CCNC(CCc1cccc(C)c1)C1CCC1. The van der Waals surface area contributed by atoms with Gasteiger partial charge in [-0.05, 0) is 50.6 Å². The van der Waals surface area contributed by atoms with Crippen LogP contribution in [0.3, 0.4) is 0 Å². The van der Waals surface area contributed by atoms with Crippen LogP contribution in [0.4, 0.5) is 0 Å². The van der Waals surface area contributed by atoms with Gasteiger partial charge in [0, 0.05) is 6.04 Å². The van der Waals surface area contributed by atoms with Crippen LogP contribution in [-0.2, 0) is 6.42 Å². The molecule has 0 bridgehead atoms. The van der Waals surface area contributed by atoms with Crippen LogP contribution in [0.2, 0.25) is 0 Å². The van der Waals surface area contributed by atoms with Crippen LogP contribution in [0.15, 0.2) is 24.3 Å². The number of nitrogens with one attached hydrogen (secondary N) is 1. The van der Waals surface area contributed by atoms with E-state index in [0.29, 0.717) is 0 Å². The fourth-order valence-electron chi connectivity index (χ4n) is 2.80. The molecule has 1 unspecified atom stereocenters. The second kappa shape index (κ2) is 6.20. The molecule has 1 aromatic carbocycles. The standard InChI is InChI=1S/C16H25N/c1-3-17-16(15-8-5-9-15)11-10-14-7-4-6-13(2)12-14/h4,6-7,12,15-17H,3,5,8-11H2,1-2H3. The topological polar surface area (TPSA) is 12.0 Å². The summed E-state index contributed by atoms with van der Waals surface area (Å²) in [5, 5.41) is 3.67. The fourth-order valence-corrected chi connectivity index (χ4v) is 2.80. The molecule has 17 heavy (non-hydrogen) atoms. The summed E-state index contributed by atoms with van der Waals surface area (Å²) >= 11 is 0. The summed E-state index contributed by atoms with van der Waals surface area (Å²) in [5.74, 6) is 0.944. The average molecular weight is 231 g/mol. The number of aryl methyl sites for hydroxylation is 2. The number of rotatable bonds is 6. The van der Waals surface area contributed by atoms with Gasteiger partial charge >= 0.3 is 0 Å². The van der Waals surface area contributed by atoms with Crippen LogP contribution >= 0.6 is 0 Å². The highest BCUT2D eigenvalue weighted by Gasteiger charge is 2.25. The zero-order chi connectivity index (χ0) is 12.1. The Morgan fingerprint density at radius 1 is 1.35 bits per heavy atom. The van der Waals surface area contributed by atoms with Gasteiger partial charge in [0.15, 0.2) is 0 Å². The van der Waals surface area contributed by atoms with Crippen LogP contribution in [0.5, 0.6) is 0 Å². The van der Waals surface area contributed by atoms with Gasteiger partial charge in [-0.3, -0.25) is 0 Å². The number of benzene rings is 1. The summed E-state index contributed by atoms with van der Waals surface area (Å²) in [7, 11) is 0. The van der Waals surface area contributed by atoms with E-state index >= 15 is 0 Å². The molecule has 1 saturated carbocycles. The molecule has 0 spiro atoms. The summed E-state index contributed by atoms with van der Waals surface area (Å²) in [4.78, 5) is 0. The molecule has 2 rings (SSSR count). The molecular weight excluding hydrogens is 206 g/mol. The molecule has 0 saturated heterocycles. The first-order valence-electron chi connectivity index (χ1n) is 7.08. The highest BCUT2D eigenvalue weighted by atomic mass is 14.9. The molecule has 0 heterocycles. The summed E-state index contributed by atoms with van der Waals surface area (Å²) in [6, 6.07) is 9.68. The van der Waals surface area contributed by atoms with Gasteiger partial charge in [0.1, 0.15) is 0 Å². The molecule has 1 aliphatic rings. The van der Waals surface area contributed by atoms with E-state index in [0.717, 1.165) is 18.5 Å². The first kappa shape index (κ1) is 12.6. The van der Waals surface area contributed by atoms with Crippen LogP contribution in [0.25, 0.3) is 0 Å². The molecule has 1 nitrogen and oxygen atoms in total. The molecule has 1 N–H and O–H groups in total. The Labute approximate surface area is 106 Å². The average Bonchev–Trinajstić information content (AvgIpc) is 2.24. The summed E-state index contributed by atoms with van der Waals surface area (Å²) in [6.07, 6.45) is 6.83. The van der Waals surface area contributed by atoms with E-state index in [2.05, 4.69) is 43.4 Å². The van der Waals surface area contributed by atoms with Crippen molar-refractivity contribution in [3.63, 3.8) is 0 Å². The first-order valence-corrected chi connectivity index (χ1v) is 7.08. The minimum Gasteiger partial charge on any atom is -0.314 e. The zero-order valence-corrected chi connectivity index (χ0v) is 11.2. The lowest BCUT2D eigenvalue weighted by atomic mass is 9.78. The third kappa shape index (κ3) is 3.57. The van der Waals surface area contributed by atoms with Crippen LogP contribution in [0.1, 0.15) is 43.7 Å². The third-order valence-electron chi connectivity index (χ3n) is 4.01. The van der Waals surface area contributed by atoms with Gasteiger partial charge in [0.25, 0.3) is 0 Å². The van der Waals surface area contributed by atoms with E-state index in [4.69, 9.17) is 0 Å². The predicted molar refractivity (Wildman–Crippen MR) is 74.3 cm³/mol. The van der Waals surface area contributed by atoms with Crippen molar-refractivity contribution < 1.29 is 0 Å². The van der Waals surface area contributed by atoms with Gasteiger partial charge in [0.2, 0.25) is 0 Å². The van der Waals surface area contributed by atoms with Crippen molar-refractivity contribution in [2.45, 2.75) is 52.0 Å². The molecule has 1 aliphatic carbocycles. The lowest BCUT2D eigenvalue weighted by Crippen LogP contribution is -2.39. The summed E-state index contributed by atoms with van der Waals surface area (Å²) in [6.45, 7) is 5.50. The van der Waals surface area contributed by atoms with E-state index in [1.807, 2.05) is 0 Å². The largest absolute Gasteiger partial charge is 0.314 e. The predicted octanol–water partition coefficient (Wildman–Crippen LogP) is 3.71. The van der Waals surface area contributed by atoms with Crippen molar-refractivity contribution in [1.82, 2.24) is 5.32 Å². The van der Waals surface area contributed by atoms with E-state index in [1.54, 1.807) is 0 Å². The van der Waals surface area contributed by atoms with E-state index in [9.17, 15) is 0 Å². The van der Waals surface area contributed by atoms with Crippen molar-refractivity contribution in [2.24, 2.45) is 5.92 Å². The molecule has 94 valence electrons. The van der Waals surface area contributed by atoms with Crippen molar-refractivity contribution in [2.75, 3.05) is 6.54 Å². The second-order valence-corrected chi connectivity index (χ2v) is 5.38. The van der Waals surface area contributed by atoms with Crippen molar-refractivity contribution in [3.05, 3.63) is 35.4 Å². The number of hydrogen-bond acceptors (Lipinski definition) is 1. The summed E-state index contributed by atoms with van der Waals surface area (Å²) < 4.78 is 0. The maximum Gasteiger partial charge on any atom is 0.00983 e. The molecular formula is C16H25N. The van der Waals surface area contributed by atoms with Crippen LogP contribution in [-0.4, -0.2) is 12.6 Å². The molecule has 1 atom stereocenters. The highest BCUT2D eigenvalue weighted by molar-refractivity contribution is 5.22. The smallest absolute Gasteiger partial charge is 0.00983 e. The quantitative estimate of drug-likeness (QED) is 0.787. The van der Waals surface area contributed by atoms with Crippen molar-refractivity contribution in [3.8, 4) is 0 Å². The Balaban J connectivity index is 1.85. The Morgan fingerprint density at radius 3 is 2.76 bits per heavy atom. The molecule has 0 aromatic heterocycles. The Kier molecular flexibility index (Phi) is 4.61. The first-order chi connectivity index (χ1) is 8.29. The zero-order valence-electron chi connectivity index (χ0n) is 11.2. The Bertz CT molecular complexity index is 341. The van der Waals surface area contributed by atoms with Gasteiger partial charge < -0.3 is 5.32 Å². The maximum atomic E-state index is 3.67. The third-order valence-corrected chi connectivity index (χ3v) is 4.01. The second-order valence-electron chi connectivity index (χ2n) is 5.38. The summed E-state index contributed by atoms with van der Waals surface area (Å²) in [5.41, 5.74) is 2.87. The lowest BCUT2D eigenvalue weighted by molar-refractivity contribution is 0.222. The highest BCUT2D eigenvalue weighted by Crippen LogP contribution is 2.31. The molecule has 1 aromatic rings. The molecule has 0 radical (unpaired) electrons. The van der Waals surface area contributed by atoms with Gasteiger partial charge in [-0.25, -0.2) is 0 Å². The van der Waals surface area contributed by atoms with E-state index in [-0.39, 0.29) is 0 Å². The lowest BCUT2D eigenvalue weighted by Gasteiger charge is -2.34. The van der Waals surface area contributed by atoms with Crippen molar-refractivity contribution in [1.29, 1.82) is 0 Å². The van der Waals surface area contributed by atoms with Crippen LogP contribution in [0, 0.1) is 12.8 Å². The normalized spacial score (nSPS) is 17.8. The Hall–Kier alpha value is -0.820. The molecule has 1 fully saturated rings. The molecule has 0 aliphatic heterocycles. The van der Waals surface area contributed by atoms with Crippen molar-refractivity contribution >= 4 is 0 Å². The number of hydrogen-bond donors (Lipinski definition) is 1. The van der Waals surface area contributed by atoms with Gasteiger partial charge in [-0.1, -0.05) is 43.2 Å².